The molecule has 2 N–H and O–H groups in total. The molecule has 0 radical (unpaired) electrons. The Morgan fingerprint density at radius 2 is 1.93 bits per heavy atom. The van der Waals surface area contributed by atoms with Gasteiger partial charge in [0.25, 0.3) is 5.91 Å². The van der Waals surface area contributed by atoms with E-state index in [0.717, 1.165) is 16.0 Å². The van der Waals surface area contributed by atoms with Gasteiger partial charge < -0.3 is 9.64 Å². The molecule has 2 aromatic rings. The zero-order chi connectivity index (χ0) is 20.6. The lowest BCUT2D eigenvalue weighted by molar-refractivity contribution is -0.136. The zero-order valence-electron chi connectivity index (χ0n) is 15.7. The Balaban J connectivity index is 1.42. The van der Waals surface area contributed by atoms with Crippen molar-refractivity contribution in [1.29, 1.82) is 0 Å². The van der Waals surface area contributed by atoms with E-state index in [2.05, 4.69) is 26.8 Å². The average Bonchev–Trinajstić information content (AvgIpc) is 3.19. The Labute approximate surface area is 181 Å². The fourth-order valence-electron chi connectivity index (χ4n) is 3.07. The van der Waals surface area contributed by atoms with Gasteiger partial charge in [0.1, 0.15) is 5.75 Å². The second kappa shape index (κ2) is 10.4. The second-order valence-electron chi connectivity index (χ2n) is 6.64. The number of halogens is 1. The predicted molar refractivity (Wildman–Crippen MR) is 113 cm³/mol. The quantitative estimate of drug-likeness (QED) is 0.623. The molecule has 0 spiro atoms. The van der Waals surface area contributed by atoms with Crippen molar-refractivity contribution in [2.75, 3.05) is 19.7 Å². The number of para-hydroxylation sites is 1. The topological polar surface area (TPSA) is 87.7 Å². The van der Waals surface area contributed by atoms with Gasteiger partial charge in [-0.1, -0.05) is 18.2 Å². The van der Waals surface area contributed by atoms with Crippen LogP contribution in [0.4, 0.5) is 0 Å². The molecule has 29 heavy (non-hydrogen) atoms. The van der Waals surface area contributed by atoms with Gasteiger partial charge in [-0.15, -0.1) is 11.3 Å². The molecule has 1 aliphatic heterocycles. The first-order valence-corrected chi connectivity index (χ1v) is 10.9. The summed E-state index contributed by atoms with van der Waals surface area (Å²) in [5, 5.41) is 0. The molecule has 1 atom stereocenters. The predicted octanol–water partition coefficient (Wildman–Crippen LogP) is 2.98. The summed E-state index contributed by atoms with van der Waals surface area (Å²) in [5.41, 5.74) is 4.91. The third kappa shape index (κ3) is 6.30. The highest BCUT2D eigenvalue weighted by Crippen LogP contribution is 2.22. The number of hydrogen-bond acceptors (Lipinski definition) is 5. The fraction of sp³-hybridized carbons (Fsp3) is 0.350. The number of amides is 3. The first-order valence-electron chi connectivity index (χ1n) is 9.34. The molecule has 1 fully saturated rings. The summed E-state index contributed by atoms with van der Waals surface area (Å²) in [6.45, 7) is 1.27. The lowest BCUT2D eigenvalue weighted by Gasteiger charge is -2.32. The minimum atomic E-state index is -0.365. The molecule has 1 aliphatic rings. The van der Waals surface area contributed by atoms with E-state index in [1.807, 2.05) is 30.3 Å². The van der Waals surface area contributed by atoms with Gasteiger partial charge >= 0.3 is 0 Å². The van der Waals surface area contributed by atoms with E-state index >= 15 is 0 Å². The van der Waals surface area contributed by atoms with Gasteiger partial charge in [0.2, 0.25) is 11.8 Å². The summed E-state index contributed by atoms with van der Waals surface area (Å²) >= 11 is 4.58. The van der Waals surface area contributed by atoms with Crippen LogP contribution in [0.3, 0.4) is 0 Å². The second-order valence-corrected chi connectivity index (χ2v) is 9.10. The first kappa shape index (κ1) is 21.3. The number of rotatable bonds is 6. The summed E-state index contributed by atoms with van der Waals surface area (Å²) in [6.07, 6.45) is 1.68. The molecule has 1 saturated heterocycles. The van der Waals surface area contributed by atoms with Crippen molar-refractivity contribution >= 4 is 45.0 Å². The number of hydrogen-bond donors (Lipinski definition) is 2. The normalized spacial score (nSPS) is 16.2. The average molecular weight is 480 g/mol. The van der Waals surface area contributed by atoms with E-state index in [1.54, 1.807) is 17.0 Å². The standard InChI is InChI=1S/C20H22BrN3O4S/c21-17-9-8-16(29-17)20(27)23-22-19(26)14-5-4-11-24(13-14)18(25)10-12-28-15-6-2-1-3-7-15/h1-3,6-9,14H,4-5,10-13H2,(H,22,26)(H,23,27). The van der Waals surface area contributed by atoms with E-state index < -0.39 is 0 Å². The molecule has 1 aromatic heterocycles. The highest BCUT2D eigenvalue weighted by Gasteiger charge is 2.28. The fourth-order valence-corrected chi connectivity index (χ4v) is 4.35. The van der Waals surface area contributed by atoms with Crippen LogP contribution in [0.15, 0.2) is 46.3 Å². The molecular formula is C20H22BrN3O4S. The van der Waals surface area contributed by atoms with Gasteiger partial charge in [-0.3, -0.25) is 25.2 Å². The van der Waals surface area contributed by atoms with Gasteiger partial charge in [0.05, 0.1) is 27.6 Å². The van der Waals surface area contributed by atoms with Crippen molar-refractivity contribution in [3.05, 3.63) is 51.1 Å². The van der Waals surface area contributed by atoms with Crippen molar-refractivity contribution in [2.45, 2.75) is 19.3 Å². The van der Waals surface area contributed by atoms with E-state index in [9.17, 15) is 14.4 Å². The van der Waals surface area contributed by atoms with E-state index in [-0.39, 0.29) is 30.1 Å². The third-order valence-electron chi connectivity index (χ3n) is 4.57. The number of carbonyl (C=O) groups excluding carboxylic acids is 3. The molecule has 3 rings (SSSR count). The number of ether oxygens (including phenoxy) is 1. The summed E-state index contributed by atoms with van der Waals surface area (Å²) in [5.74, 6) is -0.309. The van der Waals surface area contributed by atoms with Gasteiger partial charge in [0, 0.05) is 13.1 Å². The lowest BCUT2D eigenvalue weighted by atomic mass is 9.97. The van der Waals surface area contributed by atoms with Crippen molar-refractivity contribution in [3.8, 4) is 5.75 Å². The number of nitrogens with zero attached hydrogens (tertiary/aromatic N) is 1. The molecule has 7 nitrogen and oxygen atoms in total. The number of likely N-dealkylation sites (tertiary alicyclic amines) is 1. The van der Waals surface area contributed by atoms with Gasteiger partial charge in [-0.25, -0.2) is 0 Å². The van der Waals surface area contributed by atoms with E-state index in [1.165, 1.54) is 11.3 Å². The maximum Gasteiger partial charge on any atom is 0.279 e. The number of carbonyl (C=O) groups is 3. The SMILES string of the molecule is O=C(NNC(=O)C1CCCN(C(=O)CCOc2ccccc2)C1)c1ccc(Br)s1. The van der Waals surface area contributed by atoms with Gasteiger partial charge in [-0.05, 0) is 53.0 Å². The van der Waals surface area contributed by atoms with Crippen LogP contribution in [0.1, 0.15) is 28.9 Å². The molecule has 1 unspecified atom stereocenters. The van der Waals surface area contributed by atoms with Crippen LogP contribution in [-0.2, 0) is 9.59 Å². The molecular weight excluding hydrogens is 458 g/mol. The van der Waals surface area contributed by atoms with E-state index in [4.69, 9.17) is 4.74 Å². The molecule has 0 bridgehead atoms. The Kier molecular flexibility index (Phi) is 7.65. The maximum absolute atomic E-state index is 12.5. The number of nitrogens with one attached hydrogen (secondary N) is 2. The van der Waals surface area contributed by atoms with Crippen LogP contribution in [0, 0.1) is 5.92 Å². The first-order chi connectivity index (χ1) is 14.0. The summed E-state index contributed by atoms with van der Waals surface area (Å²) in [6, 6.07) is 12.8. The van der Waals surface area contributed by atoms with Crippen LogP contribution < -0.4 is 15.6 Å². The smallest absolute Gasteiger partial charge is 0.279 e. The maximum atomic E-state index is 12.5. The Hall–Kier alpha value is -2.39. The zero-order valence-corrected chi connectivity index (χ0v) is 18.1. The number of hydrazine groups is 1. The number of benzene rings is 1. The van der Waals surface area contributed by atoms with Crippen LogP contribution in [0.2, 0.25) is 0 Å². The minimum Gasteiger partial charge on any atom is -0.493 e. The van der Waals surface area contributed by atoms with Gasteiger partial charge in [-0.2, -0.15) is 0 Å². The van der Waals surface area contributed by atoms with Crippen LogP contribution in [-0.4, -0.2) is 42.3 Å². The third-order valence-corrected chi connectivity index (χ3v) is 6.19. The molecule has 9 heteroatoms. The summed E-state index contributed by atoms with van der Waals surface area (Å²) < 4.78 is 6.41. The molecule has 154 valence electrons. The summed E-state index contributed by atoms with van der Waals surface area (Å²) in [4.78, 5) is 39.1. The van der Waals surface area contributed by atoms with E-state index in [0.29, 0.717) is 31.0 Å². The highest BCUT2D eigenvalue weighted by atomic mass is 79.9. The van der Waals surface area contributed by atoms with Crippen molar-refractivity contribution in [1.82, 2.24) is 15.8 Å². The number of thiophene rings is 1. The van der Waals surface area contributed by atoms with Crippen LogP contribution in [0.5, 0.6) is 5.75 Å². The van der Waals surface area contributed by atoms with Crippen molar-refractivity contribution in [2.24, 2.45) is 5.92 Å². The monoisotopic (exact) mass is 479 g/mol. The highest BCUT2D eigenvalue weighted by molar-refractivity contribution is 9.11. The lowest BCUT2D eigenvalue weighted by Crippen LogP contribution is -2.50. The van der Waals surface area contributed by atoms with Crippen LogP contribution in [0.25, 0.3) is 0 Å². The number of piperidine rings is 1. The van der Waals surface area contributed by atoms with Crippen molar-refractivity contribution in [3.63, 3.8) is 0 Å². The largest absolute Gasteiger partial charge is 0.493 e. The molecule has 2 heterocycles. The Bertz CT molecular complexity index is 858. The van der Waals surface area contributed by atoms with Crippen LogP contribution >= 0.6 is 27.3 Å². The summed E-state index contributed by atoms with van der Waals surface area (Å²) in [7, 11) is 0. The molecule has 0 saturated carbocycles. The van der Waals surface area contributed by atoms with Gasteiger partial charge in [0.15, 0.2) is 0 Å². The minimum absolute atomic E-state index is 0.0362. The Morgan fingerprint density at radius 1 is 1.14 bits per heavy atom. The Morgan fingerprint density at radius 3 is 2.66 bits per heavy atom. The van der Waals surface area contributed by atoms with Crippen molar-refractivity contribution < 1.29 is 19.1 Å². The molecule has 0 aliphatic carbocycles. The molecule has 1 aromatic carbocycles. The molecule has 3 amide bonds.